The van der Waals surface area contributed by atoms with E-state index in [0.29, 0.717) is 46.6 Å². The van der Waals surface area contributed by atoms with Gasteiger partial charge in [-0.3, -0.25) is 0 Å². The van der Waals surface area contributed by atoms with Crippen molar-refractivity contribution in [1.29, 1.82) is 0 Å². The number of hydrogen-bond donors (Lipinski definition) is 2. The summed E-state index contributed by atoms with van der Waals surface area (Å²) in [6.45, 7) is 7.91. The maximum atomic E-state index is 12.7. The van der Waals surface area contributed by atoms with Gasteiger partial charge in [-0.25, -0.2) is 15.0 Å². The maximum absolute atomic E-state index is 12.7. The highest BCUT2D eigenvalue weighted by atomic mass is 35.5. The van der Waals surface area contributed by atoms with Gasteiger partial charge >= 0.3 is 12.0 Å². The zero-order valence-electron chi connectivity index (χ0n) is 24.5. The summed E-state index contributed by atoms with van der Waals surface area (Å²) in [5.74, 6) is -0.444. The smallest absolute Gasteiger partial charge is 0.339 e. The van der Waals surface area contributed by atoms with E-state index in [1.807, 2.05) is 41.2 Å². The van der Waals surface area contributed by atoms with E-state index in [4.69, 9.17) is 27.9 Å². The first-order valence-corrected chi connectivity index (χ1v) is 15.6. The van der Waals surface area contributed by atoms with E-state index in [1.54, 1.807) is 12.1 Å². The van der Waals surface area contributed by atoms with Crippen LogP contribution in [0.3, 0.4) is 0 Å². The third-order valence-electron chi connectivity index (χ3n) is 7.07. The number of carbonyl (C=O) groups excluding carboxylic acids is 2. The van der Waals surface area contributed by atoms with Crippen molar-refractivity contribution in [3.05, 3.63) is 57.6 Å². The second-order valence-corrected chi connectivity index (χ2v) is 11.0. The number of benzene rings is 2. The number of urea groups is 1. The molecule has 0 aliphatic heterocycles. The quantitative estimate of drug-likeness (QED) is 0.0976. The van der Waals surface area contributed by atoms with Crippen molar-refractivity contribution in [3.8, 4) is 0 Å². The van der Waals surface area contributed by atoms with Gasteiger partial charge in [-0.2, -0.15) is 0 Å². The third-order valence-corrected chi connectivity index (χ3v) is 7.64. The van der Waals surface area contributed by atoms with Gasteiger partial charge < -0.3 is 19.2 Å². The minimum absolute atomic E-state index is 0.291. The first kappa shape index (κ1) is 32.5. The van der Waals surface area contributed by atoms with Crippen molar-refractivity contribution < 1.29 is 14.3 Å². The van der Waals surface area contributed by atoms with Crippen LogP contribution in [0.2, 0.25) is 10.0 Å². The normalized spacial score (nSPS) is 11.7. The van der Waals surface area contributed by atoms with E-state index in [9.17, 15) is 9.59 Å². The summed E-state index contributed by atoms with van der Waals surface area (Å²) >= 11 is 12.5. The molecule has 0 spiro atoms. The number of halogens is 2. The molecule has 224 valence electrons. The Morgan fingerprint density at radius 3 is 2.10 bits per heavy atom. The number of aromatic nitrogens is 2. The minimum Gasteiger partial charge on any atom is -0.462 e. The van der Waals surface area contributed by atoms with E-state index >= 15 is 0 Å². The minimum atomic E-state index is -0.587. The fourth-order valence-electron chi connectivity index (χ4n) is 4.88. The van der Waals surface area contributed by atoms with E-state index in [0.717, 1.165) is 30.3 Å². The molecule has 0 bridgehead atoms. The Hall–Kier alpha value is -2.97. The third kappa shape index (κ3) is 9.54. The van der Waals surface area contributed by atoms with Crippen LogP contribution in [-0.2, 0) is 17.8 Å². The number of nitrogens with one attached hydrogen (secondary N) is 2. The summed E-state index contributed by atoms with van der Waals surface area (Å²) in [6, 6.07) is 9.73. The first-order chi connectivity index (χ1) is 19.9. The summed E-state index contributed by atoms with van der Waals surface area (Å²) in [4.78, 5) is 25.3. The van der Waals surface area contributed by atoms with Crippen molar-refractivity contribution in [1.82, 2.24) is 14.6 Å². The molecule has 0 saturated carbocycles. The molecule has 8 nitrogen and oxygen atoms in total. The fraction of sp³-hybridized carbons (Fsp3) is 0.516. The van der Waals surface area contributed by atoms with Crippen molar-refractivity contribution in [2.75, 3.05) is 11.9 Å². The topological polar surface area (TPSA) is 89.7 Å². The molecule has 1 aromatic heterocycles. The number of anilines is 1. The Morgan fingerprint density at radius 1 is 0.805 bits per heavy atom. The van der Waals surface area contributed by atoms with Gasteiger partial charge in [0, 0.05) is 18.1 Å². The highest BCUT2D eigenvalue weighted by molar-refractivity contribution is 6.33. The molecule has 2 N–H and O–H groups in total. The Kier molecular flexibility index (Phi) is 13.6. The van der Waals surface area contributed by atoms with Crippen molar-refractivity contribution in [3.63, 3.8) is 0 Å². The van der Waals surface area contributed by atoms with Gasteiger partial charge in [0.05, 0.1) is 33.9 Å². The molecule has 3 aromatic rings. The average Bonchev–Trinajstić information content (AvgIpc) is 3.27. The summed E-state index contributed by atoms with van der Waals surface area (Å²) < 4.78 is 9.42. The zero-order valence-corrected chi connectivity index (χ0v) is 26.0. The van der Waals surface area contributed by atoms with E-state index in [2.05, 4.69) is 22.8 Å². The lowest BCUT2D eigenvalue weighted by molar-refractivity contribution is 0.0497. The van der Waals surface area contributed by atoms with Gasteiger partial charge in [0.1, 0.15) is 0 Å². The number of nitrogens with zero attached hydrogens (tertiary/aromatic N) is 3. The van der Waals surface area contributed by atoms with E-state index in [1.165, 1.54) is 51.0 Å². The van der Waals surface area contributed by atoms with Crippen LogP contribution < -0.4 is 16.4 Å². The molecule has 0 saturated heterocycles. The Balaban J connectivity index is 1.53. The average molecular weight is 605 g/mol. The fourth-order valence-corrected chi connectivity index (χ4v) is 5.21. The van der Waals surface area contributed by atoms with Gasteiger partial charge in [-0.05, 0) is 56.7 Å². The molecule has 2 aromatic carbocycles. The van der Waals surface area contributed by atoms with E-state index < -0.39 is 12.0 Å². The van der Waals surface area contributed by atoms with Gasteiger partial charge in [-0.1, -0.05) is 87.9 Å². The molecule has 10 heteroatoms. The summed E-state index contributed by atoms with van der Waals surface area (Å²) in [5, 5.41) is 7.98. The highest BCUT2D eigenvalue weighted by Crippen LogP contribution is 2.24. The summed E-state index contributed by atoms with van der Waals surface area (Å²) in [7, 11) is 0. The second-order valence-electron chi connectivity index (χ2n) is 10.1. The lowest BCUT2D eigenvalue weighted by atomic mass is 10.1. The van der Waals surface area contributed by atoms with Crippen LogP contribution in [0.25, 0.3) is 11.0 Å². The molecular formula is C31H43Cl2N5O3. The van der Waals surface area contributed by atoms with Crippen molar-refractivity contribution in [2.24, 2.45) is 5.10 Å². The largest absolute Gasteiger partial charge is 0.462 e. The number of esters is 1. The number of imidazole rings is 1. The molecule has 0 fully saturated rings. The maximum Gasteiger partial charge on any atom is 0.339 e. The van der Waals surface area contributed by atoms with Crippen LogP contribution in [0, 0.1) is 0 Å². The lowest BCUT2D eigenvalue weighted by Gasteiger charge is -2.10. The van der Waals surface area contributed by atoms with Crippen molar-refractivity contribution in [2.45, 2.75) is 98.1 Å². The number of unbranched alkanes of at least 4 members (excludes halogenated alkanes) is 9. The highest BCUT2D eigenvalue weighted by Gasteiger charge is 2.14. The SMILES string of the molecule is CCCCCCCCCCCCOC(=O)c1ccc(Cl)c(NC(=O)NN=c2n(CC)c3ccc(Cl)cc3n2CC)c1. The van der Waals surface area contributed by atoms with Crippen LogP contribution >= 0.6 is 23.2 Å². The Morgan fingerprint density at radius 2 is 1.44 bits per heavy atom. The molecule has 1 heterocycles. The number of rotatable bonds is 16. The zero-order chi connectivity index (χ0) is 29.6. The molecule has 0 aliphatic carbocycles. The monoisotopic (exact) mass is 603 g/mol. The number of fused-ring (bicyclic) bond motifs is 1. The number of ether oxygens (including phenoxy) is 1. The summed E-state index contributed by atoms with van der Waals surface area (Å²) in [5.41, 5.74) is 5.63. The van der Waals surface area contributed by atoms with Gasteiger partial charge in [0.2, 0.25) is 5.62 Å². The number of carbonyl (C=O) groups is 2. The predicted molar refractivity (Wildman–Crippen MR) is 168 cm³/mol. The lowest BCUT2D eigenvalue weighted by Crippen LogP contribution is -2.32. The van der Waals surface area contributed by atoms with Gasteiger partial charge in [-0.15, -0.1) is 5.10 Å². The predicted octanol–water partition coefficient (Wildman–Crippen LogP) is 8.50. The van der Waals surface area contributed by atoms with Gasteiger partial charge in [0.25, 0.3) is 0 Å². The van der Waals surface area contributed by atoms with Crippen LogP contribution in [-0.4, -0.2) is 27.7 Å². The molecule has 0 radical (unpaired) electrons. The van der Waals surface area contributed by atoms with Crippen LogP contribution in [0.1, 0.15) is 95.3 Å². The molecule has 0 aliphatic rings. The standard InChI is InChI=1S/C31H43Cl2N5O3/c1-4-7-8-9-10-11-12-13-14-15-20-41-29(39)23-16-18-25(33)26(21-23)34-30(40)35-36-31-37(5-2)27-19-17-24(32)22-28(27)38(31)6-3/h16-19,21-22H,4-15,20H2,1-3H3,(H2,34,35,40). The molecule has 2 amide bonds. The van der Waals surface area contributed by atoms with E-state index in [-0.39, 0.29) is 0 Å². The van der Waals surface area contributed by atoms with Crippen molar-refractivity contribution >= 4 is 51.9 Å². The summed E-state index contributed by atoms with van der Waals surface area (Å²) in [6.07, 6.45) is 12.1. The number of aryl methyl sites for hydroxylation is 2. The van der Waals surface area contributed by atoms with Gasteiger partial charge in [0.15, 0.2) is 0 Å². The number of amides is 2. The molecule has 0 atom stereocenters. The molecule has 41 heavy (non-hydrogen) atoms. The number of hydrogen-bond acceptors (Lipinski definition) is 4. The first-order valence-electron chi connectivity index (χ1n) is 14.9. The van der Waals surface area contributed by atoms with Crippen LogP contribution in [0.4, 0.5) is 10.5 Å². The molecule has 3 rings (SSSR count). The second kappa shape index (κ2) is 17.1. The van der Waals surface area contributed by atoms with Crippen LogP contribution in [0.15, 0.2) is 41.5 Å². The molecule has 0 unspecified atom stereocenters. The Labute approximate surface area is 253 Å². The molecular weight excluding hydrogens is 561 g/mol. The Bertz CT molecular complexity index is 1370. The van der Waals surface area contributed by atoms with Crippen LogP contribution in [0.5, 0.6) is 0 Å².